The zero-order valence-corrected chi connectivity index (χ0v) is 21.6. The summed E-state index contributed by atoms with van der Waals surface area (Å²) in [6.45, 7) is 3.10. The Hall–Kier alpha value is -3.86. The van der Waals surface area contributed by atoms with Crippen molar-refractivity contribution >= 4 is 23.3 Å². The third-order valence-electron chi connectivity index (χ3n) is 7.19. The molecule has 4 aromatic rings. The van der Waals surface area contributed by atoms with Crippen molar-refractivity contribution in [3.8, 4) is 11.4 Å². The van der Waals surface area contributed by atoms with Crippen molar-refractivity contribution in [3.63, 3.8) is 0 Å². The number of hydrogen-bond donors (Lipinski definition) is 2. The molecule has 0 bridgehead atoms. The Bertz CT molecular complexity index is 1450. The predicted octanol–water partition coefficient (Wildman–Crippen LogP) is 5.47. The van der Waals surface area contributed by atoms with Gasteiger partial charge in [-0.15, -0.1) is 0 Å². The van der Waals surface area contributed by atoms with E-state index < -0.39 is 11.6 Å². The molecule has 198 valence electrons. The lowest BCUT2D eigenvalue weighted by atomic mass is 9.91. The van der Waals surface area contributed by atoms with Gasteiger partial charge in [-0.1, -0.05) is 0 Å². The van der Waals surface area contributed by atoms with E-state index in [1.54, 1.807) is 13.4 Å². The van der Waals surface area contributed by atoms with E-state index in [9.17, 15) is 0 Å². The fourth-order valence-corrected chi connectivity index (χ4v) is 5.07. The zero-order chi connectivity index (χ0) is 26.4. The molecule has 11 heteroatoms. The number of rotatable bonds is 7. The van der Waals surface area contributed by atoms with Gasteiger partial charge in [0.2, 0.25) is 5.95 Å². The number of nitrogens with one attached hydrogen (secondary N) is 2. The Morgan fingerprint density at radius 2 is 1.79 bits per heavy atom. The maximum atomic E-state index is 15.5. The van der Waals surface area contributed by atoms with Crippen LogP contribution in [0.2, 0.25) is 0 Å². The first-order valence-corrected chi connectivity index (χ1v) is 12.9. The van der Waals surface area contributed by atoms with E-state index >= 15 is 8.78 Å². The quantitative estimate of drug-likeness (QED) is 0.334. The lowest BCUT2D eigenvalue weighted by molar-refractivity contribution is 0.0852. The van der Waals surface area contributed by atoms with Gasteiger partial charge in [-0.05, 0) is 62.1 Å². The first kappa shape index (κ1) is 24.5. The molecule has 9 nitrogen and oxygen atoms in total. The smallest absolute Gasteiger partial charge is 0.232 e. The molecule has 2 N–H and O–H groups in total. The average Bonchev–Trinajstić information content (AvgIpc) is 3.52. The van der Waals surface area contributed by atoms with Gasteiger partial charge in [-0.2, -0.15) is 10.1 Å². The normalized spacial score (nSPS) is 16.1. The molecule has 0 spiro atoms. The van der Waals surface area contributed by atoms with Crippen molar-refractivity contribution in [1.29, 1.82) is 0 Å². The molecule has 1 saturated heterocycles. The molecular weight excluding hydrogens is 490 g/mol. The highest BCUT2D eigenvalue weighted by molar-refractivity contribution is 5.73. The number of hydrogen-bond acceptors (Lipinski definition) is 7. The SMILES string of the molecule is Cc1cc(Nc2nc(N(C)c3c(F)cc(C4CCOCC4)cc3F)nc(-c3cn(C)cn3)c2C2CC2)n[nH]1. The maximum Gasteiger partial charge on any atom is 0.232 e. The van der Waals surface area contributed by atoms with Crippen LogP contribution in [0.3, 0.4) is 0 Å². The monoisotopic (exact) mass is 520 g/mol. The minimum Gasteiger partial charge on any atom is -0.381 e. The fraction of sp³-hybridized carbons (Fsp3) is 0.407. The van der Waals surface area contributed by atoms with Crippen molar-refractivity contribution < 1.29 is 13.5 Å². The predicted molar refractivity (Wildman–Crippen MR) is 140 cm³/mol. The van der Waals surface area contributed by atoms with E-state index in [1.165, 1.54) is 17.0 Å². The van der Waals surface area contributed by atoms with Crippen molar-refractivity contribution in [2.75, 3.05) is 30.5 Å². The summed E-state index contributed by atoms with van der Waals surface area (Å²) in [5.41, 5.74) is 3.58. The first-order chi connectivity index (χ1) is 18.4. The topological polar surface area (TPSA) is 96.8 Å². The van der Waals surface area contributed by atoms with E-state index in [0.29, 0.717) is 41.8 Å². The van der Waals surface area contributed by atoms with Gasteiger partial charge in [0.1, 0.15) is 34.5 Å². The highest BCUT2D eigenvalue weighted by atomic mass is 19.1. The second kappa shape index (κ2) is 9.79. The molecular formula is C27H30F2N8O. The van der Waals surface area contributed by atoms with Crippen LogP contribution in [-0.4, -0.2) is 50.0 Å². The van der Waals surface area contributed by atoms with Crippen LogP contribution < -0.4 is 10.2 Å². The van der Waals surface area contributed by atoms with Gasteiger partial charge in [0.25, 0.3) is 0 Å². The minimum absolute atomic E-state index is 0.0741. The number of H-pyrrole nitrogens is 1. The third-order valence-corrected chi connectivity index (χ3v) is 7.19. The van der Waals surface area contributed by atoms with Gasteiger partial charge in [0.15, 0.2) is 5.82 Å². The minimum atomic E-state index is -0.652. The molecule has 6 rings (SSSR count). The van der Waals surface area contributed by atoms with Crippen LogP contribution in [0.15, 0.2) is 30.7 Å². The number of imidazole rings is 1. The standard InChI is InChI=1S/C27H30F2N8O/c1-15-10-22(35-34-15)31-26-23(17-4-5-17)24(21-13-36(2)14-30-21)32-27(33-26)37(3)25-19(28)11-18(12-20(25)29)16-6-8-38-9-7-16/h10-14,16-17H,4-9H2,1-3H3,(H2,31,32,33,34,35). The summed E-state index contributed by atoms with van der Waals surface area (Å²) in [6.07, 6.45) is 7.08. The number of aromatic nitrogens is 6. The molecule has 2 fully saturated rings. The van der Waals surface area contributed by atoms with Gasteiger partial charge in [-0.25, -0.2) is 18.7 Å². The van der Waals surface area contributed by atoms with Crippen molar-refractivity contribution in [2.45, 2.75) is 44.4 Å². The van der Waals surface area contributed by atoms with Gasteiger partial charge in [0, 0.05) is 50.8 Å². The number of nitrogens with zero attached hydrogens (tertiary/aromatic N) is 6. The van der Waals surface area contributed by atoms with Gasteiger partial charge >= 0.3 is 0 Å². The van der Waals surface area contributed by atoms with Gasteiger partial charge in [0.05, 0.1) is 6.33 Å². The summed E-state index contributed by atoms with van der Waals surface area (Å²) in [7, 11) is 3.46. The summed E-state index contributed by atoms with van der Waals surface area (Å²) in [5.74, 6) is 0.340. The van der Waals surface area contributed by atoms with E-state index in [0.717, 1.165) is 36.9 Å². The van der Waals surface area contributed by atoms with Gasteiger partial charge < -0.3 is 19.5 Å². The first-order valence-electron chi connectivity index (χ1n) is 12.9. The molecule has 1 aliphatic heterocycles. The molecule has 2 aliphatic rings. The summed E-state index contributed by atoms with van der Waals surface area (Å²) in [4.78, 5) is 15.5. The van der Waals surface area contributed by atoms with Gasteiger partial charge in [-0.3, -0.25) is 5.10 Å². The van der Waals surface area contributed by atoms with Crippen LogP contribution in [0.1, 0.15) is 54.3 Å². The molecule has 4 heterocycles. The van der Waals surface area contributed by atoms with Crippen LogP contribution in [0.4, 0.5) is 32.1 Å². The number of aromatic amines is 1. The molecule has 0 amide bonds. The Labute approximate surface area is 219 Å². The Balaban J connectivity index is 1.44. The summed E-state index contributed by atoms with van der Waals surface area (Å²) in [6, 6.07) is 4.72. The number of anilines is 4. The second-order valence-corrected chi connectivity index (χ2v) is 10.2. The Morgan fingerprint density at radius 3 is 2.39 bits per heavy atom. The maximum absolute atomic E-state index is 15.5. The molecule has 3 aromatic heterocycles. The number of halogens is 2. The number of benzene rings is 1. The highest BCUT2D eigenvalue weighted by Gasteiger charge is 2.33. The summed E-state index contributed by atoms with van der Waals surface area (Å²) in [5, 5.41) is 10.5. The third kappa shape index (κ3) is 4.73. The van der Waals surface area contributed by atoms with Crippen LogP contribution in [-0.2, 0) is 11.8 Å². The lowest BCUT2D eigenvalue weighted by Gasteiger charge is -2.25. The second-order valence-electron chi connectivity index (χ2n) is 10.2. The molecule has 0 radical (unpaired) electrons. The molecule has 38 heavy (non-hydrogen) atoms. The Kier molecular flexibility index (Phi) is 6.30. The summed E-state index contributed by atoms with van der Waals surface area (Å²) < 4.78 is 38.2. The molecule has 1 aliphatic carbocycles. The highest BCUT2D eigenvalue weighted by Crippen LogP contribution is 2.48. The molecule has 1 aromatic carbocycles. The summed E-state index contributed by atoms with van der Waals surface area (Å²) >= 11 is 0. The van der Waals surface area contributed by atoms with Crippen LogP contribution >= 0.6 is 0 Å². The Morgan fingerprint density at radius 1 is 1.05 bits per heavy atom. The lowest BCUT2D eigenvalue weighted by Crippen LogP contribution is -2.19. The van der Waals surface area contributed by atoms with Crippen molar-refractivity contribution in [3.05, 3.63) is 59.2 Å². The molecule has 0 atom stereocenters. The van der Waals surface area contributed by atoms with E-state index in [1.807, 2.05) is 30.8 Å². The number of aryl methyl sites for hydroxylation is 2. The van der Waals surface area contributed by atoms with E-state index in [-0.39, 0.29) is 23.5 Å². The zero-order valence-electron chi connectivity index (χ0n) is 21.6. The largest absolute Gasteiger partial charge is 0.381 e. The van der Waals surface area contributed by atoms with E-state index in [2.05, 4.69) is 20.5 Å². The number of ether oxygens (including phenoxy) is 1. The fourth-order valence-electron chi connectivity index (χ4n) is 5.07. The van der Waals surface area contributed by atoms with Crippen molar-refractivity contribution in [1.82, 2.24) is 29.7 Å². The van der Waals surface area contributed by atoms with Crippen LogP contribution in [0, 0.1) is 18.6 Å². The van der Waals surface area contributed by atoms with Crippen molar-refractivity contribution in [2.24, 2.45) is 7.05 Å². The molecule has 1 saturated carbocycles. The van der Waals surface area contributed by atoms with E-state index in [4.69, 9.17) is 14.7 Å². The van der Waals surface area contributed by atoms with Crippen LogP contribution in [0.5, 0.6) is 0 Å². The average molecular weight is 521 g/mol. The van der Waals surface area contributed by atoms with Crippen LogP contribution in [0.25, 0.3) is 11.4 Å². The molecule has 0 unspecified atom stereocenters.